The van der Waals surface area contributed by atoms with E-state index in [1.165, 1.54) is 6.07 Å². The third-order valence-corrected chi connectivity index (χ3v) is 2.84. The van der Waals surface area contributed by atoms with Crippen LogP contribution in [0.25, 0.3) is 0 Å². The van der Waals surface area contributed by atoms with Gasteiger partial charge in [0.2, 0.25) is 0 Å². The lowest BCUT2D eigenvalue weighted by molar-refractivity contribution is 0.0467. The second kappa shape index (κ2) is 5.69. The molecule has 0 spiro atoms. The lowest BCUT2D eigenvalue weighted by Gasteiger charge is -2.08. The number of rotatable bonds is 3. The van der Waals surface area contributed by atoms with Crippen molar-refractivity contribution in [1.82, 2.24) is 0 Å². The molecule has 2 rings (SSSR count). The molecule has 0 aliphatic carbocycles. The predicted octanol–water partition coefficient (Wildman–Crippen LogP) is 3.21. The van der Waals surface area contributed by atoms with E-state index in [9.17, 15) is 13.6 Å². The molecule has 0 bridgehead atoms. The first-order valence-corrected chi connectivity index (χ1v) is 5.94. The van der Waals surface area contributed by atoms with Crippen LogP contribution >= 0.6 is 0 Å². The van der Waals surface area contributed by atoms with Gasteiger partial charge in [-0.15, -0.1) is 0 Å². The minimum Gasteiger partial charge on any atom is -0.457 e. The van der Waals surface area contributed by atoms with E-state index in [0.717, 1.165) is 18.2 Å². The second-order valence-electron chi connectivity index (χ2n) is 4.39. The standard InChI is InChI=1S/C15H13F2NO2/c1-9-6-12(18)3-4-13(9)15(19)20-8-10-7-11(16)2-5-14(10)17/h2-7H,8,18H2,1H3. The predicted molar refractivity (Wildman–Crippen MR) is 71.1 cm³/mol. The van der Waals surface area contributed by atoms with Gasteiger partial charge >= 0.3 is 5.97 Å². The number of halogens is 2. The van der Waals surface area contributed by atoms with E-state index in [1.807, 2.05) is 0 Å². The number of esters is 1. The monoisotopic (exact) mass is 277 g/mol. The van der Waals surface area contributed by atoms with Crippen molar-refractivity contribution in [1.29, 1.82) is 0 Å². The number of ether oxygens (including phenoxy) is 1. The number of aryl methyl sites for hydroxylation is 1. The Balaban J connectivity index is 2.10. The molecule has 0 heterocycles. The summed E-state index contributed by atoms with van der Waals surface area (Å²) < 4.78 is 31.3. The highest BCUT2D eigenvalue weighted by Gasteiger charge is 2.12. The van der Waals surface area contributed by atoms with Crippen LogP contribution in [0.3, 0.4) is 0 Å². The van der Waals surface area contributed by atoms with Gasteiger partial charge in [-0.2, -0.15) is 0 Å². The van der Waals surface area contributed by atoms with Crippen LogP contribution in [-0.2, 0) is 11.3 Å². The van der Waals surface area contributed by atoms with Crippen molar-refractivity contribution in [2.75, 3.05) is 5.73 Å². The van der Waals surface area contributed by atoms with Crippen LogP contribution in [0.5, 0.6) is 0 Å². The average molecular weight is 277 g/mol. The molecular weight excluding hydrogens is 264 g/mol. The molecule has 5 heteroatoms. The molecule has 0 saturated carbocycles. The molecule has 2 aromatic rings. The molecule has 0 aliphatic rings. The molecule has 0 saturated heterocycles. The van der Waals surface area contributed by atoms with E-state index in [2.05, 4.69) is 0 Å². The Bertz CT molecular complexity index is 656. The summed E-state index contributed by atoms with van der Waals surface area (Å²) in [4.78, 5) is 11.9. The number of hydrogen-bond donors (Lipinski definition) is 1. The van der Waals surface area contributed by atoms with Crippen LogP contribution < -0.4 is 5.73 Å². The summed E-state index contributed by atoms with van der Waals surface area (Å²) in [6.07, 6.45) is 0. The van der Waals surface area contributed by atoms with Crippen molar-refractivity contribution in [3.8, 4) is 0 Å². The number of benzene rings is 2. The first kappa shape index (κ1) is 14.0. The fourth-order valence-corrected chi connectivity index (χ4v) is 1.79. The van der Waals surface area contributed by atoms with Crippen LogP contribution in [0, 0.1) is 18.6 Å². The molecule has 20 heavy (non-hydrogen) atoms. The van der Waals surface area contributed by atoms with Gasteiger partial charge in [-0.1, -0.05) is 0 Å². The summed E-state index contributed by atoms with van der Waals surface area (Å²) in [6.45, 7) is 1.39. The van der Waals surface area contributed by atoms with Gasteiger partial charge < -0.3 is 10.5 Å². The van der Waals surface area contributed by atoms with Crippen LogP contribution in [0.4, 0.5) is 14.5 Å². The maximum Gasteiger partial charge on any atom is 0.338 e. The van der Waals surface area contributed by atoms with Gasteiger partial charge in [0, 0.05) is 11.3 Å². The zero-order valence-electron chi connectivity index (χ0n) is 10.8. The average Bonchev–Trinajstić information content (AvgIpc) is 2.39. The van der Waals surface area contributed by atoms with Crippen molar-refractivity contribution >= 4 is 11.7 Å². The Kier molecular flexibility index (Phi) is 3.98. The Morgan fingerprint density at radius 2 is 1.95 bits per heavy atom. The van der Waals surface area contributed by atoms with Crippen molar-refractivity contribution in [3.63, 3.8) is 0 Å². The maximum absolute atomic E-state index is 13.4. The van der Waals surface area contributed by atoms with Gasteiger partial charge in [-0.05, 0) is 48.9 Å². The number of nitrogens with two attached hydrogens (primary N) is 1. The Morgan fingerprint density at radius 1 is 1.20 bits per heavy atom. The molecule has 2 aromatic carbocycles. The molecule has 104 valence electrons. The van der Waals surface area contributed by atoms with Gasteiger partial charge in [-0.3, -0.25) is 0 Å². The molecule has 0 aliphatic heterocycles. The Labute approximate surface area is 115 Å². The molecule has 0 fully saturated rings. The summed E-state index contributed by atoms with van der Waals surface area (Å²) >= 11 is 0. The first-order valence-electron chi connectivity index (χ1n) is 5.94. The fourth-order valence-electron chi connectivity index (χ4n) is 1.79. The summed E-state index contributed by atoms with van der Waals surface area (Å²) in [6, 6.07) is 7.75. The molecule has 0 atom stereocenters. The number of hydrogen-bond acceptors (Lipinski definition) is 3. The molecule has 0 amide bonds. The van der Waals surface area contributed by atoms with E-state index < -0.39 is 17.6 Å². The highest BCUT2D eigenvalue weighted by atomic mass is 19.1. The molecule has 2 N–H and O–H groups in total. The summed E-state index contributed by atoms with van der Waals surface area (Å²) in [5, 5.41) is 0. The fraction of sp³-hybridized carbons (Fsp3) is 0.133. The van der Waals surface area contributed by atoms with Crippen molar-refractivity contribution in [3.05, 3.63) is 64.7 Å². The van der Waals surface area contributed by atoms with Gasteiger partial charge in [-0.25, -0.2) is 13.6 Å². The molecule has 0 radical (unpaired) electrons. The minimum atomic E-state index is -0.617. The number of carbonyl (C=O) groups excluding carboxylic acids is 1. The molecule has 0 aromatic heterocycles. The minimum absolute atomic E-state index is 0.00792. The van der Waals surface area contributed by atoms with E-state index in [-0.39, 0.29) is 12.2 Å². The number of nitrogen functional groups attached to an aromatic ring is 1. The molecule has 0 unspecified atom stereocenters. The summed E-state index contributed by atoms with van der Waals surface area (Å²) in [5.41, 5.74) is 7.12. The van der Waals surface area contributed by atoms with Crippen LogP contribution in [-0.4, -0.2) is 5.97 Å². The SMILES string of the molecule is Cc1cc(N)ccc1C(=O)OCc1cc(F)ccc1F. The smallest absolute Gasteiger partial charge is 0.338 e. The largest absolute Gasteiger partial charge is 0.457 e. The topological polar surface area (TPSA) is 52.3 Å². The normalized spacial score (nSPS) is 10.3. The zero-order valence-corrected chi connectivity index (χ0v) is 10.8. The first-order chi connectivity index (χ1) is 9.47. The number of carbonyl (C=O) groups is 1. The Morgan fingerprint density at radius 3 is 2.65 bits per heavy atom. The lowest BCUT2D eigenvalue weighted by atomic mass is 10.1. The number of anilines is 1. The summed E-state index contributed by atoms with van der Waals surface area (Å²) in [7, 11) is 0. The molecule has 3 nitrogen and oxygen atoms in total. The lowest BCUT2D eigenvalue weighted by Crippen LogP contribution is -2.08. The van der Waals surface area contributed by atoms with Gasteiger partial charge in [0.25, 0.3) is 0 Å². The van der Waals surface area contributed by atoms with Crippen molar-refractivity contribution < 1.29 is 18.3 Å². The van der Waals surface area contributed by atoms with Gasteiger partial charge in [0.15, 0.2) is 0 Å². The van der Waals surface area contributed by atoms with E-state index in [4.69, 9.17) is 10.5 Å². The van der Waals surface area contributed by atoms with Crippen LogP contribution in [0.15, 0.2) is 36.4 Å². The van der Waals surface area contributed by atoms with Crippen molar-refractivity contribution in [2.45, 2.75) is 13.5 Å². The van der Waals surface area contributed by atoms with Crippen LogP contribution in [0.1, 0.15) is 21.5 Å². The second-order valence-corrected chi connectivity index (χ2v) is 4.39. The van der Waals surface area contributed by atoms with Crippen molar-refractivity contribution in [2.24, 2.45) is 0 Å². The quantitative estimate of drug-likeness (QED) is 0.692. The third kappa shape index (κ3) is 3.12. The maximum atomic E-state index is 13.4. The van der Waals surface area contributed by atoms with Gasteiger partial charge in [0.05, 0.1) is 5.56 Å². The highest BCUT2D eigenvalue weighted by molar-refractivity contribution is 5.91. The highest BCUT2D eigenvalue weighted by Crippen LogP contribution is 2.16. The third-order valence-electron chi connectivity index (χ3n) is 2.84. The molecular formula is C15H13F2NO2. The Hall–Kier alpha value is -2.43. The van der Waals surface area contributed by atoms with E-state index in [0.29, 0.717) is 16.8 Å². The van der Waals surface area contributed by atoms with Crippen LogP contribution in [0.2, 0.25) is 0 Å². The van der Waals surface area contributed by atoms with E-state index >= 15 is 0 Å². The zero-order chi connectivity index (χ0) is 14.7. The van der Waals surface area contributed by atoms with E-state index in [1.54, 1.807) is 19.1 Å². The van der Waals surface area contributed by atoms with Gasteiger partial charge in [0.1, 0.15) is 18.2 Å². The summed E-state index contributed by atoms with van der Waals surface area (Å²) in [5.74, 6) is -1.81.